The Morgan fingerprint density at radius 2 is 1.37 bits per heavy atom. The van der Waals surface area contributed by atoms with Crippen LogP contribution in [0.2, 0.25) is 0 Å². The highest BCUT2D eigenvalue weighted by molar-refractivity contribution is 5.91. The molecule has 1 heterocycles. The van der Waals surface area contributed by atoms with Crippen LogP contribution in [0.1, 0.15) is 40.1 Å². The third-order valence-corrected chi connectivity index (χ3v) is 7.33. The van der Waals surface area contributed by atoms with Crippen molar-refractivity contribution in [3.05, 3.63) is 149 Å². The molecule has 0 saturated carbocycles. The minimum atomic E-state index is -1.11. The van der Waals surface area contributed by atoms with Gasteiger partial charge in [-0.15, -0.1) is 0 Å². The van der Waals surface area contributed by atoms with E-state index < -0.39 is 11.9 Å². The third kappa shape index (κ3) is 10.9. The number of carboxylic acids is 1. The van der Waals surface area contributed by atoms with Gasteiger partial charge >= 0.3 is 11.9 Å². The summed E-state index contributed by atoms with van der Waals surface area (Å²) in [5.74, 6) is -2.15. The number of carbonyl (C=O) groups is 2. The second-order valence-corrected chi connectivity index (χ2v) is 10.7. The average molecular weight is 629 g/mol. The van der Waals surface area contributed by atoms with Crippen molar-refractivity contribution in [3.8, 4) is 5.75 Å². The van der Waals surface area contributed by atoms with Gasteiger partial charge in [0, 0.05) is 39.6 Å². The quantitative estimate of drug-likeness (QED) is 0.145. The first kappa shape index (κ1) is 34.0. The van der Waals surface area contributed by atoms with E-state index in [-0.39, 0.29) is 29.1 Å². The summed E-state index contributed by atoms with van der Waals surface area (Å²) in [6.45, 7) is 6.53. The number of nitrogens with zero attached hydrogens (tertiary/aromatic N) is 2. The number of allylic oxidation sites excluding steroid dienone is 1. The molecule has 0 amide bonds. The van der Waals surface area contributed by atoms with Gasteiger partial charge in [-0.3, -0.25) is 9.69 Å². The van der Waals surface area contributed by atoms with Crippen molar-refractivity contribution in [1.82, 2.24) is 9.80 Å². The van der Waals surface area contributed by atoms with E-state index in [2.05, 4.69) is 51.1 Å². The van der Waals surface area contributed by atoms with Crippen LogP contribution >= 0.6 is 0 Å². The van der Waals surface area contributed by atoms with Gasteiger partial charge in [-0.2, -0.15) is 0 Å². The third-order valence-electron chi connectivity index (χ3n) is 7.33. The second kappa shape index (κ2) is 17.6. The molecule has 5 rings (SSSR count). The van der Waals surface area contributed by atoms with Crippen LogP contribution in [-0.2, 0) is 16.0 Å². The van der Waals surface area contributed by atoms with Gasteiger partial charge in [-0.25, -0.2) is 13.6 Å². The number of aromatic carboxylic acids is 1. The summed E-state index contributed by atoms with van der Waals surface area (Å²) in [6, 6.07) is 29.1. The van der Waals surface area contributed by atoms with E-state index in [1.54, 1.807) is 36.4 Å². The number of hydrogen-bond acceptors (Lipinski definition) is 6. The second-order valence-electron chi connectivity index (χ2n) is 10.7. The van der Waals surface area contributed by atoms with Crippen molar-refractivity contribution in [3.63, 3.8) is 0 Å². The number of benzene rings is 4. The van der Waals surface area contributed by atoms with Crippen LogP contribution in [-0.4, -0.2) is 66.2 Å². The SMILES string of the molecule is CC(=O)Oc1ccccc1C(=O)O.Fc1ccc(C(OCCN2CCN(/C=C/Cc3ccccc3)CC2)c2ccc(F)cc2)cc1. The summed E-state index contributed by atoms with van der Waals surface area (Å²) in [5, 5.41) is 8.69. The number of rotatable bonds is 11. The van der Waals surface area contributed by atoms with Crippen LogP contribution in [0.3, 0.4) is 0 Å². The first-order chi connectivity index (χ1) is 22.3. The molecule has 1 aliphatic rings. The fourth-order valence-corrected chi connectivity index (χ4v) is 4.93. The van der Waals surface area contributed by atoms with E-state index in [0.717, 1.165) is 50.3 Å². The Balaban J connectivity index is 0.000000310. The summed E-state index contributed by atoms with van der Waals surface area (Å²) < 4.78 is 37.7. The Kier molecular flexibility index (Phi) is 13.0. The highest BCUT2D eigenvalue weighted by atomic mass is 19.1. The van der Waals surface area contributed by atoms with Crippen molar-refractivity contribution in [2.45, 2.75) is 19.4 Å². The molecule has 46 heavy (non-hydrogen) atoms. The van der Waals surface area contributed by atoms with Crippen LogP contribution < -0.4 is 4.74 Å². The number of halogens is 2. The van der Waals surface area contributed by atoms with Crippen molar-refractivity contribution >= 4 is 11.9 Å². The Labute approximate surface area is 268 Å². The van der Waals surface area contributed by atoms with E-state index in [1.807, 2.05) is 6.07 Å². The van der Waals surface area contributed by atoms with Crippen LogP contribution in [0.4, 0.5) is 8.78 Å². The number of ether oxygens (including phenoxy) is 2. The van der Waals surface area contributed by atoms with E-state index in [9.17, 15) is 18.4 Å². The first-order valence-corrected chi connectivity index (χ1v) is 15.1. The van der Waals surface area contributed by atoms with E-state index in [4.69, 9.17) is 9.84 Å². The highest BCUT2D eigenvalue weighted by Gasteiger charge is 2.18. The molecule has 1 N–H and O–H groups in total. The molecule has 1 aliphatic heterocycles. The lowest BCUT2D eigenvalue weighted by Gasteiger charge is -2.34. The maximum Gasteiger partial charge on any atom is 0.339 e. The van der Waals surface area contributed by atoms with Crippen LogP contribution in [0, 0.1) is 11.6 Å². The monoisotopic (exact) mass is 628 g/mol. The lowest BCUT2D eigenvalue weighted by molar-refractivity contribution is -0.131. The number of para-hydroxylation sites is 1. The summed E-state index contributed by atoms with van der Waals surface area (Å²) in [6.07, 6.45) is 5.03. The minimum absolute atomic E-state index is 0.0160. The lowest BCUT2D eigenvalue weighted by atomic mass is 10.0. The smallest absolute Gasteiger partial charge is 0.339 e. The molecule has 4 aromatic rings. The normalized spacial score (nSPS) is 13.3. The standard InChI is InChI=1S/C28H30F2N2O.C9H8O4/c29-26-12-8-24(9-13-26)28(25-10-14-27(30)15-11-25)33-22-21-32-19-17-31(18-20-32)16-4-7-23-5-2-1-3-6-23;1-6(10)13-8-5-3-2-4-7(8)9(11)12/h1-6,8-16,28H,7,17-22H2;2-5H,1H3,(H,11,12)/b16-4+;. The van der Waals surface area contributed by atoms with Gasteiger partial charge < -0.3 is 19.5 Å². The molecular weight excluding hydrogens is 590 g/mol. The van der Waals surface area contributed by atoms with Crippen LogP contribution in [0.5, 0.6) is 5.75 Å². The van der Waals surface area contributed by atoms with Gasteiger partial charge in [-0.05, 0) is 65.7 Å². The molecule has 1 fully saturated rings. The van der Waals surface area contributed by atoms with Gasteiger partial charge in [0.15, 0.2) is 0 Å². The summed E-state index contributed by atoms with van der Waals surface area (Å²) in [7, 11) is 0. The Hall–Kier alpha value is -4.86. The average Bonchev–Trinajstić information content (AvgIpc) is 3.06. The number of hydrogen-bond donors (Lipinski definition) is 1. The predicted molar refractivity (Wildman–Crippen MR) is 173 cm³/mol. The maximum absolute atomic E-state index is 13.4. The summed E-state index contributed by atoms with van der Waals surface area (Å²) >= 11 is 0. The Morgan fingerprint density at radius 3 is 1.93 bits per heavy atom. The van der Waals surface area contributed by atoms with Crippen LogP contribution in [0.15, 0.2) is 115 Å². The molecule has 7 nitrogen and oxygen atoms in total. The van der Waals surface area contributed by atoms with Crippen molar-refractivity contribution in [2.75, 3.05) is 39.3 Å². The topological polar surface area (TPSA) is 79.3 Å². The van der Waals surface area contributed by atoms with Crippen LogP contribution in [0.25, 0.3) is 0 Å². The van der Waals surface area contributed by atoms with E-state index >= 15 is 0 Å². The first-order valence-electron chi connectivity index (χ1n) is 15.1. The molecule has 0 spiro atoms. The molecule has 0 aliphatic carbocycles. The van der Waals surface area contributed by atoms with Crippen molar-refractivity contribution in [1.29, 1.82) is 0 Å². The molecule has 0 unspecified atom stereocenters. The van der Waals surface area contributed by atoms with E-state index in [0.29, 0.717) is 6.61 Å². The minimum Gasteiger partial charge on any atom is -0.478 e. The zero-order valence-corrected chi connectivity index (χ0v) is 25.7. The lowest BCUT2D eigenvalue weighted by Crippen LogP contribution is -2.45. The Morgan fingerprint density at radius 1 is 0.804 bits per heavy atom. The maximum atomic E-state index is 13.4. The molecule has 0 radical (unpaired) electrons. The van der Waals surface area contributed by atoms with Gasteiger partial charge in [0.2, 0.25) is 0 Å². The van der Waals surface area contributed by atoms with Gasteiger partial charge in [-0.1, -0.05) is 72.8 Å². The molecule has 0 bridgehead atoms. The Bertz CT molecular complexity index is 1510. The number of carbonyl (C=O) groups excluding carboxylic acids is 1. The van der Waals surface area contributed by atoms with Crippen molar-refractivity contribution < 1.29 is 33.0 Å². The molecular formula is C37H38F2N2O5. The summed E-state index contributed by atoms with van der Waals surface area (Å²) in [5.41, 5.74) is 3.02. The van der Waals surface area contributed by atoms with Gasteiger partial charge in [0.1, 0.15) is 29.1 Å². The van der Waals surface area contributed by atoms with Gasteiger partial charge in [0.05, 0.1) is 6.61 Å². The molecule has 240 valence electrons. The molecule has 0 atom stereocenters. The fraction of sp³-hybridized carbons (Fsp3) is 0.243. The number of esters is 1. The molecule has 9 heteroatoms. The number of carboxylic acid groups (broad SMARTS) is 1. The highest BCUT2D eigenvalue weighted by Crippen LogP contribution is 2.26. The van der Waals surface area contributed by atoms with Crippen molar-refractivity contribution in [2.24, 2.45) is 0 Å². The molecule has 0 aromatic heterocycles. The largest absolute Gasteiger partial charge is 0.478 e. The number of piperazine rings is 1. The van der Waals surface area contributed by atoms with E-state index in [1.165, 1.54) is 48.9 Å². The summed E-state index contributed by atoms with van der Waals surface area (Å²) in [4.78, 5) is 25.9. The zero-order valence-electron chi connectivity index (χ0n) is 25.7. The van der Waals surface area contributed by atoms with Gasteiger partial charge in [0.25, 0.3) is 0 Å². The molecule has 1 saturated heterocycles. The zero-order chi connectivity index (χ0) is 32.7. The fourth-order valence-electron chi connectivity index (χ4n) is 4.93. The predicted octanol–water partition coefficient (Wildman–Crippen LogP) is 6.75. The molecule has 4 aromatic carbocycles.